The van der Waals surface area contributed by atoms with Gasteiger partial charge in [-0.2, -0.15) is 0 Å². The molecule has 0 spiro atoms. The molecule has 28 heavy (non-hydrogen) atoms. The molecule has 5 nitrogen and oxygen atoms in total. The Morgan fingerprint density at radius 3 is 2.50 bits per heavy atom. The van der Waals surface area contributed by atoms with E-state index < -0.39 is 0 Å². The van der Waals surface area contributed by atoms with Gasteiger partial charge in [0.1, 0.15) is 5.69 Å². The molecule has 3 aromatic rings. The first kappa shape index (κ1) is 19.8. The normalized spacial score (nSPS) is 11.6. The minimum atomic E-state index is -0.282. The predicted molar refractivity (Wildman–Crippen MR) is 114 cm³/mol. The quantitative estimate of drug-likeness (QED) is 0.587. The van der Waals surface area contributed by atoms with Gasteiger partial charge in [-0.15, -0.1) is 11.3 Å². The minimum absolute atomic E-state index is 0.158. The van der Waals surface area contributed by atoms with Crippen LogP contribution in [0.1, 0.15) is 47.8 Å². The van der Waals surface area contributed by atoms with Crippen LogP contribution >= 0.6 is 11.3 Å². The fraction of sp³-hybridized carbons (Fsp3) is 0.227. The molecule has 3 rings (SSSR count). The molecule has 6 heteroatoms. The highest BCUT2D eigenvalue weighted by Crippen LogP contribution is 2.27. The Labute approximate surface area is 168 Å². The smallest absolute Gasteiger partial charge is 0.275 e. The van der Waals surface area contributed by atoms with Crippen LogP contribution in [0.4, 0.5) is 10.8 Å². The molecule has 0 aliphatic carbocycles. The molecular weight excluding hydrogens is 370 g/mol. The summed E-state index contributed by atoms with van der Waals surface area (Å²) in [4.78, 5) is 29.0. The predicted octanol–water partition coefficient (Wildman–Crippen LogP) is 5.09. The molecule has 2 N–H and O–H groups in total. The van der Waals surface area contributed by atoms with E-state index in [1.54, 1.807) is 5.38 Å². The Morgan fingerprint density at radius 1 is 1.04 bits per heavy atom. The van der Waals surface area contributed by atoms with Gasteiger partial charge in [-0.05, 0) is 29.5 Å². The molecule has 144 valence electrons. The first-order valence-corrected chi connectivity index (χ1v) is 10.1. The Hall–Kier alpha value is -2.99. The van der Waals surface area contributed by atoms with Gasteiger partial charge in [0, 0.05) is 11.1 Å². The van der Waals surface area contributed by atoms with E-state index in [9.17, 15) is 9.59 Å². The van der Waals surface area contributed by atoms with Gasteiger partial charge in [0.15, 0.2) is 5.13 Å². The molecule has 0 fully saturated rings. The van der Waals surface area contributed by atoms with Crippen molar-refractivity contribution in [2.75, 3.05) is 10.6 Å². The van der Waals surface area contributed by atoms with Crippen LogP contribution < -0.4 is 10.6 Å². The van der Waals surface area contributed by atoms with Crippen LogP contribution in [0.15, 0.2) is 60.0 Å². The summed E-state index contributed by atoms with van der Waals surface area (Å²) >= 11 is 1.24. The van der Waals surface area contributed by atoms with Gasteiger partial charge >= 0.3 is 0 Å². The number of nitrogens with zero attached hydrogens (tertiary/aromatic N) is 1. The van der Waals surface area contributed by atoms with Crippen LogP contribution in [0.5, 0.6) is 0 Å². The number of carbonyl (C=O) groups excluding carboxylic acids is 2. The van der Waals surface area contributed by atoms with E-state index in [-0.39, 0.29) is 18.2 Å². The molecule has 2 aromatic carbocycles. The number of nitrogens with one attached hydrogen (secondary N) is 2. The highest BCUT2D eigenvalue weighted by atomic mass is 32.1. The summed E-state index contributed by atoms with van der Waals surface area (Å²) in [6.07, 6.45) is 1.26. The zero-order valence-electron chi connectivity index (χ0n) is 15.9. The zero-order valence-corrected chi connectivity index (χ0v) is 16.8. The van der Waals surface area contributed by atoms with Crippen molar-refractivity contribution < 1.29 is 9.59 Å². The van der Waals surface area contributed by atoms with Crippen molar-refractivity contribution in [2.24, 2.45) is 0 Å². The number of carbonyl (C=O) groups is 2. The van der Waals surface area contributed by atoms with Gasteiger partial charge in [0.2, 0.25) is 5.91 Å². The molecule has 0 bridgehead atoms. The molecule has 1 atom stereocenters. The van der Waals surface area contributed by atoms with Crippen molar-refractivity contribution in [3.05, 3.63) is 76.8 Å². The van der Waals surface area contributed by atoms with Crippen LogP contribution in [-0.2, 0) is 11.2 Å². The van der Waals surface area contributed by atoms with E-state index in [0.717, 1.165) is 23.2 Å². The standard InChI is InChI=1S/C22H23N3O2S/c1-3-15(2)17-11-7-8-12-18(17)23-21(27)19-14-28-22(24-19)25-20(26)13-16-9-5-4-6-10-16/h4-12,14-15H,3,13H2,1-2H3,(H,23,27)(H,24,25,26). The van der Waals surface area contributed by atoms with Crippen molar-refractivity contribution in [3.8, 4) is 0 Å². The maximum atomic E-state index is 12.6. The van der Waals surface area contributed by atoms with Crippen LogP contribution in [-0.4, -0.2) is 16.8 Å². The SMILES string of the molecule is CCC(C)c1ccccc1NC(=O)c1csc(NC(=O)Cc2ccccc2)n1. The topological polar surface area (TPSA) is 71.1 Å². The fourth-order valence-electron chi connectivity index (χ4n) is 2.83. The summed E-state index contributed by atoms with van der Waals surface area (Å²) in [6.45, 7) is 4.25. The number of thiazole rings is 1. The molecule has 1 heterocycles. The molecule has 0 aliphatic heterocycles. The van der Waals surface area contributed by atoms with Crippen LogP contribution in [0.25, 0.3) is 0 Å². The van der Waals surface area contributed by atoms with E-state index in [0.29, 0.717) is 16.7 Å². The molecule has 1 unspecified atom stereocenters. The number of rotatable bonds is 7. The van der Waals surface area contributed by atoms with Crippen LogP contribution in [0.2, 0.25) is 0 Å². The van der Waals surface area contributed by atoms with Crippen LogP contribution in [0.3, 0.4) is 0 Å². The van der Waals surface area contributed by atoms with E-state index in [1.807, 2.05) is 54.6 Å². The van der Waals surface area contributed by atoms with Gasteiger partial charge in [-0.1, -0.05) is 62.4 Å². The lowest BCUT2D eigenvalue weighted by Crippen LogP contribution is -2.16. The van der Waals surface area contributed by atoms with E-state index >= 15 is 0 Å². The van der Waals surface area contributed by atoms with Crippen molar-refractivity contribution >= 4 is 34.0 Å². The maximum absolute atomic E-state index is 12.6. The monoisotopic (exact) mass is 393 g/mol. The Kier molecular flexibility index (Phi) is 6.55. The number of para-hydroxylation sites is 1. The molecule has 0 saturated carbocycles. The molecule has 2 amide bonds. The van der Waals surface area contributed by atoms with E-state index in [2.05, 4.69) is 29.5 Å². The van der Waals surface area contributed by atoms with Crippen molar-refractivity contribution in [1.29, 1.82) is 0 Å². The second-order valence-electron chi connectivity index (χ2n) is 6.60. The summed E-state index contributed by atoms with van der Waals surface area (Å²) in [5.74, 6) is -0.0926. The molecular formula is C22H23N3O2S. The largest absolute Gasteiger partial charge is 0.320 e. The average Bonchev–Trinajstić information content (AvgIpc) is 3.17. The van der Waals surface area contributed by atoms with Crippen molar-refractivity contribution in [1.82, 2.24) is 4.98 Å². The third-order valence-corrected chi connectivity index (χ3v) is 5.30. The van der Waals surface area contributed by atoms with E-state index in [1.165, 1.54) is 11.3 Å². The number of aromatic nitrogens is 1. The number of hydrogen-bond donors (Lipinski definition) is 2. The van der Waals surface area contributed by atoms with Gasteiger partial charge in [0.05, 0.1) is 6.42 Å². The van der Waals surface area contributed by atoms with E-state index in [4.69, 9.17) is 0 Å². The molecule has 1 aromatic heterocycles. The highest BCUT2D eigenvalue weighted by Gasteiger charge is 2.15. The van der Waals surface area contributed by atoms with Gasteiger partial charge < -0.3 is 10.6 Å². The second-order valence-corrected chi connectivity index (χ2v) is 7.46. The van der Waals surface area contributed by atoms with Crippen molar-refractivity contribution in [2.45, 2.75) is 32.6 Å². The second kappa shape index (κ2) is 9.28. The lowest BCUT2D eigenvalue weighted by molar-refractivity contribution is -0.115. The summed E-state index contributed by atoms with van der Waals surface area (Å²) in [5, 5.41) is 7.77. The first-order chi connectivity index (χ1) is 13.6. The summed E-state index contributed by atoms with van der Waals surface area (Å²) < 4.78 is 0. The third kappa shape index (κ3) is 5.04. The summed E-state index contributed by atoms with van der Waals surface area (Å²) in [7, 11) is 0. The number of benzene rings is 2. The third-order valence-electron chi connectivity index (χ3n) is 4.54. The van der Waals surface area contributed by atoms with Gasteiger partial charge in [-0.3, -0.25) is 9.59 Å². The Morgan fingerprint density at radius 2 is 1.75 bits per heavy atom. The lowest BCUT2D eigenvalue weighted by Gasteiger charge is -2.15. The van der Waals surface area contributed by atoms with Gasteiger partial charge in [-0.25, -0.2) is 4.98 Å². The average molecular weight is 394 g/mol. The minimum Gasteiger partial charge on any atom is -0.320 e. The molecule has 0 aliphatic rings. The molecule has 0 radical (unpaired) electrons. The first-order valence-electron chi connectivity index (χ1n) is 9.26. The highest BCUT2D eigenvalue weighted by molar-refractivity contribution is 7.14. The fourth-order valence-corrected chi connectivity index (χ4v) is 3.53. The Bertz CT molecular complexity index is 953. The summed E-state index contributed by atoms with van der Waals surface area (Å²) in [6, 6.07) is 17.3. The maximum Gasteiger partial charge on any atom is 0.275 e. The Balaban J connectivity index is 1.64. The van der Waals surface area contributed by atoms with Crippen LogP contribution in [0, 0.1) is 0 Å². The van der Waals surface area contributed by atoms with Gasteiger partial charge in [0.25, 0.3) is 5.91 Å². The lowest BCUT2D eigenvalue weighted by atomic mass is 9.97. The number of hydrogen-bond acceptors (Lipinski definition) is 4. The van der Waals surface area contributed by atoms with Crippen molar-refractivity contribution in [3.63, 3.8) is 0 Å². The summed E-state index contributed by atoms with van der Waals surface area (Å²) in [5.41, 5.74) is 3.12. The zero-order chi connectivity index (χ0) is 19.9. The molecule has 0 saturated heterocycles. The number of anilines is 2. The number of amides is 2.